The molecule has 0 aromatic rings. The van der Waals surface area contributed by atoms with Gasteiger partial charge in [0.15, 0.2) is 5.78 Å². The third kappa shape index (κ3) is 3.41. The van der Waals surface area contributed by atoms with E-state index in [1.54, 1.807) is 7.11 Å². The van der Waals surface area contributed by atoms with E-state index in [2.05, 4.69) is 6.58 Å². The third-order valence-corrected chi connectivity index (χ3v) is 1.38. The molecule has 10 heavy (non-hydrogen) atoms. The zero-order chi connectivity index (χ0) is 8.20. The lowest BCUT2D eigenvalue weighted by Gasteiger charge is -2.20. The van der Waals surface area contributed by atoms with Crippen molar-refractivity contribution >= 4 is 5.78 Å². The summed E-state index contributed by atoms with van der Waals surface area (Å²) >= 11 is 0. The Kier molecular flexibility index (Phi) is 3.30. The van der Waals surface area contributed by atoms with Crippen LogP contribution in [-0.4, -0.2) is 18.5 Å². The number of carbonyl (C=O) groups excluding carboxylic acids is 1. The van der Waals surface area contributed by atoms with Crippen LogP contribution < -0.4 is 0 Å². The van der Waals surface area contributed by atoms with Gasteiger partial charge in [0.2, 0.25) is 0 Å². The van der Waals surface area contributed by atoms with Crippen molar-refractivity contribution in [3.63, 3.8) is 0 Å². The molecular weight excluding hydrogens is 128 g/mol. The fraction of sp³-hybridized carbons (Fsp3) is 0.625. The van der Waals surface area contributed by atoms with Crippen molar-refractivity contribution in [2.45, 2.75) is 25.9 Å². The molecule has 0 aromatic carbocycles. The van der Waals surface area contributed by atoms with E-state index in [0.29, 0.717) is 6.42 Å². The molecule has 0 spiro atoms. The minimum Gasteiger partial charge on any atom is -0.378 e. The van der Waals surface area contributed by atoms with E-state index in [0.717, 1.165) is 0 Å². The second-order valence-electron chi connectivity index (χ2n) is 2.81. The van der Waals surface area contributed by atoms with E-state index in [-0.39, 0.29) is 11.4 Å². The highest BCUT2D eigenvalue weighted by Crippen LogP contribution is 2.12. The molecule has 0 radical (unpaired) electrons. The molecular formula is C8H14O2. The molecule has 0 aliphatic heterocycles. The summed E-state index contributed by atoms with van der Waals surface area (Å²) in [7, 11) is 1.59. The SMILES string of the molecule is C=CC(=O)CC(C)(C)OC. The fourth-order valence-corrected chi connectivity index (χ4v) is 0.564. The van der Waals surface area contributed by atoms with Gasteiger partial charge in [0.25, 0.3) is 0 Å². The van der Waals surface area contributed by atoms with Gasteiger partial charge >= 0.3 is 0 Å². The first kappa shape index (κ1) is 9.37. The number of carbonyl (C=O) groups is 1. The van der Waals surface area contributed by atoms with Crippen molar-refractivity contribution in [3.8, 4) is 0 Å². The summed E-state index contributed by atoms with van der Waals surface area (Å²) in [6.45, 7) is 7.11. The lowest BCUT2D eigenvalue weighted by Crippen LogP contribution is -2.25. The van der Waals surface area contributed by atoms with Gasteiger partial charge in [-0.15, -0.1) is 0 Å². The Balaban J connectivity index is 3.87. The number of rotatable bonds is 4. The van der Waals surface area contributed by atoms with Crippen LogP contribution >= 0.6 is 0 Å². The largest absolute Gasteiger partial charge is 0.378 e. The smallest absolute Gasteiger partial charge is 0.157 e. The minimum atomic E-state index is -0.356. The topological polar surface area (TPSA) is 26.3 Å². The predicted molar refractivity (Wildman–Crippen MR) is 40.9 cm³/mol. The first-order valence-electron chi connectivity index (χ1n) is 3.22. The van der Waals surface area contributed by atoms with E-state index in [1.807, 2.05) is 13.8 Å². The van der Waals surface area contributed by atoms with Crippen molar-refractivity contribution in [2.75, 3.05) is 7.11 Å². The quantitative estimate of drug-likeness (QED) is 0.557. The number of ketones is 1. The van der Waals surface area contributed by atoms with Crippen LogP contribution in [0.1, 0.15) is 20.3 Å². The average molecular weight is 142 g/mol. The maximum atomic E-state index is 10.8. The van der Waals surface area contributed by atoms with E-state index >= 15 is 0 Å². The molecule has 0 atom stereocenters. The molecule has 58 valence electrons. The Bertz CT molecular complexity index is 136. The summed E-state index contributed by atoms with van der Waals surface area (Å²) in [5.41, 5.74) is -0.356. The molecule has 0 rings (SSSR count). The van der Waals surface area contributed by atoms with Gasteiger partial charge in [-0.25, -0.2) is 0 Å². The van der Waals surface area contributed by atoms with Crippen LogP contribution in [-0.2, 0) is 9.53 Å². The molecule has 0 aliphatic rings. The average Bonchev–Trinajstić information content (AvgIpc) is 1.87. The fourth-order valence-electron chi connectivity index (χ4n) is 0.564. The highest BCUT2D eigenvalue weighted by atomic mass is 16.5. The third-order valence-electron chi connectivity index (χ3n) is 1.38. The van der Waals surface area contributed by atoms with Crippen LogP contribution in [0.5, 0.6) is 0 Å². The molecule has 2 nitrogen and oxygen atoms in total. The molecule has 0 aliphatic carbocycles. The number of ether oxygens (including phenoxy) is 1. The Morgan fingerprint density at radius 2 is 2.20 bits per heavy atom. The zero-order valence-corrected chi connectivity index (χ0v) is 6.81. The highest BCUT2D eigenvalue weighted by Gasteiger charge is 2.18. The molecule has 0 saturated carbocycles. The van der Waals surface area contributed by atoms with E-state index < -0.39 is 0 Å². The summed E-state index contributed by atoms with van der Waals surface area (Å²) in [5.74, 6) is 0.0202. The Morgan fingerprint density at radius 3 is 2.50 bits per heavy atom. The van der Waals surface area contributed by atoms with E-state index in [9.17, 15) is 4.79 Å². The van der Waals surface area contributed by atoms with Gasteiger partial charge in [-0.2, -0.15) is 0 Å². The Hall–Kier alpha value is -0.630. The Labute approximate surface area is 61.9 Å². The van der Waals surface area contributed by atoms with Crippen LogP contribution in [0.3, 0.4) is 0 Å². The van der Waals surface area contributed by atoms with Crippen LogP contribution in [0.4, 0.5) is 0 Å². The van der Waals surface area contributed by atoms with Gasteiger partial charge in [0, 0.05) is 13.5 Å². The van der Waals surface area contributed by atoms with Crippen LogP contribution in [0, 0.1) is 0 Å². The molecule has 0 aromatic heterocycles. The van der Waals surface area contributed by atoms with Crippen molar-refractivity contribution in [2.24, 2.45) is 0 Å². The molecule has 0 fully saturated rings. The molecule has 0 N–H and O–H groups in total. The van der Waals surface area contributed by atoms with Gasteiger partial charge in [0.05, 0.1) is 5.60 Å². The zero-order valence-electron chi connectivity index (χ0n) is 6.81. The highest BCUT2D eigenvalue weighted by molar-refractivity contribution is 5.89. The number of allylic oxidation sites excluding steroid dienone is 1. The summed E-state index contributed by atoms with van der Waals surface area (Å²) in [5, 5.41) is 0. The summed E-state index contributed by atoms with van der Waals surface area (Å²) in [6, 6.07) is 0. The van der Waals surface area contributed by atoms with Gasteiger partial charge < -0.3 is 4.74 Å². The molecule has 0 heterocycles. The maximum absolute atomic E-state index is 10.8. The van der Waals surface area contributed by atoms with Crippen molar-refractivity contribution in [3.05, 3.63) is 12.7 Å². The van der Waals surface area contributed by atoms with Gasteiger partial charge in [-0.1, -0.05) is 6.58 Å². The maximum Gasteiger partial charge on any atom is 0.157 e. The second-order valence-corrected chi connectivity index (χ2v) is 2.81. The standard InChI is InChI=1S/C8H14O2/c1-5-7(9)6-8(2,3)10-4/h5H,1,6H2,2-4H3. The normalized spacial score (nSPS) is 11.1. The lowest BCUT2D eigenvalue weighted by atomic mass is 10.0. The molecule has 0 bridgehead atoms. The van der Waals surface area contributed by atoms with Crippen LogP contribution in [0.2, 0.25) is 0 Å². The summed E-state index contributed by atoms with van der Waals surface area (Å²) in [4.78, 5) is 10.8. The molecule has 0 saturated heterocycles. The second kappa shape index (κ2) is 3.52. The van der Waals surface area contributed by atoms with Gasteiger partial charge in [-0.3, -0.25) is 4.79 Å². The minimum absolute atomic E-state index is 0.0202. The predicted octanol–water partition coefficient (Wildman–Crippen LogP) is 1.56. The van der Waals surface area contributed by atoms with Crippen LogP contribution in [0.25, 0.3) is 0 Å². The Morgan fingerprint density at radius 1 is 1.70 bits per heavy atom. The first-order chi connectivity index (χ1) is 4.52. The lowest BCUT2D eigenvalue weighted by molar-refractivity contribution is -0.119. The number of methoxy groups -OCH3 is 1. The van der Waals surface area contributed by atoms with E-state index in [4.69, 9.17) is 4.74 Å². The monoisotopic (exact) mass is 142 g/mol. The molecule has 2 heteroatoms. The summed E-state index contributed by atoms with van der Waals surface area (Å²) < 4.78 is 5.04. The summed E-state index contributed by atoms with van der Waals surface area (Å²) in [6.07, 6.45) is 1.72. The first-order valence-corrected chi connectivity index (χ1v) is 3.22. The number of hydrogen-bond donors (Lipinski definition) is 0. The molecule has 0 amide bonds. The number of hydrogen-bond acceptors (Lipinski definition) is 2. The van der Waals surface area contributed by atoms with Gasteiger partial charge in [-0.05, 0) is 19.9 Å². The van der Waals surface area contributed by atoms with Crippen molar-refractivity contribution in [1.82, 2.24) is 0 Å². The van der Waals surface area contributed by atoms with Crippen molar-refractivity contribution < 1.29 is 9.53 Å². The van der Waals surface area contributed by atoms with E-state index in [1.165, 1.54) is 6.08 Å². The van der Waals surface area contributed by atoms with Crippen LogP contribution in [0.15, 0.2) is 12.7 Å². The molecule has 0 unspecified atom stereocenters. The van der Waals surface area contributed by atoms with Gasteiger partial charge in [0.1, 0.15) is 0 Å². The van der Waals surface area contributed by atoms with Crippen molar-refractivity contribution in [1.29, 1.82) is 0 Å².